The van der Waals surface area contributed by atoms with E-state index in [4.69, 9.17) is 10.9 Å². The van der Waals surface area contributed by atoms with E-state index in [2.05, 4.69) is 20.2 Å². The van der Waals surface area contributed by atoms with Crippen LogP contribution < -0.4 is 15.8 Å². The van der Waals surface area contributed by atoms with Crippen LogP contribution in [-0.2, 0) is 16.6 Å². The Balaban J connectivity index is 2.32. The van der Waals surface area contributed by atoms with E-state index >= 15 is 0 Å². The number of aromatic nitrogens is 1. The lowest BCUT2D eigenvalue weighted by Gasteiger charge is -2.06. The van der Waals surface area contributed by atoms with E-state index in [1.165, 1.54) is 0 Å². The van der Waals surface area contributed by atoms with Crippen LogP contribution in [0.15, 0.2) is 23.5 Å². The van der Waals surface area contributed by atoms with Crippen molar-refractivity contribution in [3.63, 3.8) is 0 Å². The first kappa shape index (κ1) is 16.3. The summed E-state index contributed by atoms with van der Waals surface area (Å²) in [5.41, 5.74) is 6.80. The number of rotatable bonds is 8. The molecular weight excluding hydrogens is 282 g/mol. The molecule has 0 bridgehead atoms. The van der Waals surface area contributed by atoms with E-state index in [0.29, 0.717) is 31.7 Å². The summed E-state index contributed by atoms with van der Waals surface area (Å²) in [7, 11) is -3.12. The van der Waals surface area contributed by atoms with Crippen molar-refractivity contribution in [1.82, 2.24) is 15.0 Å². The number of hydrogen-bond acceptors (Lipinski definition) is 6. The van der Waals surface area contributed by atoms with Gasteiger partial charge < -0.3 is 16.3 Å². The van der Waals surface area contributed by atoms with Gasteiger partial charge in [-0.25, -0.2) is 13.1 Å². The molecule has 9 heteroatoms. The van der Waals surface area contributed by atoms with Crippen molar-refractivity contribution < 1.29 is 13.6 Å². The first-order chi connectivity index (χ1) is 9.42. The van der Waals surface area contributed by atoms with Crippen LogP contribution in [0.5, 0.6) is 0 Å². The molecular formula is C11H19N5O3S. The van der Waals surface area contributed by atoms with Crippen LogP contribution in [-0.4, -0.2) is 43.8 Å². The van der Waals surface area contributed by atoms with Gasteiger partial charge in [0.1, 0.15) is 5.69 Å². The van der Waals surface area contributed by atoms with Gasteiger partial charge in [-0.3, -0.25) is 4.98 Å². The quantitative estimate of drug-likeness (QED) is 0.164. The Morgan fingerprint density at radius 1 is 1.50 bits per heavy atom. The molecule has 1 aromatic heterocycles. The minimum atomic E-state index is -3.12. The van der Waals surface area contributed by atoms with Gasteiger partial charge in [0.05, 0.1) is 6.26 Å². The third-order valence-corrected chi connectivity index (χ3v) is 3.15. The van der Waals surface area contributed by atoms with Crippen molar-refractivity contribution in [2.75, 3.05) is 19.3 Å². The van der Waals surface area contributed by atoms with Crippen molar-refractivity contribution in [3.05, 3.63) is 29.6 Å². The van der Waals surface area contributed by atoms with Crippen LogP contribution >= 0.6 is 0 Å². The van der Waals surface area contributed by atoms with Gasteiger partial charge in [0.25, 0.3) is 0 Å². The minimum Gasteiger partial charge on any atom is -0.409 e. The molecule has 0 saturated carbocycles. The molecule has 112 valence electrons. The molecule has 0 aromatic carbocycles. The van der Waals surface area contributed by atoms with Crippen molar-refractivity contribution in [2.45, 2.75) is 13.0 Å². The van der Waals surface area contributed by atoms with Crippen LogP contribution in [0.2, 0.25) is 0 Å². The molecule has 0 radical (unpaired) electrons. The molecule has 1 aromatic rings. The van der Waals surface area contributed by atoms with Crippen molar-refractivity contribution in [3.8, 4) is 0 Å². The molecule has 8 nitrogen and oxygen atoms in total. The lowest BCUT2D eigenvalue weighted by Crippen LogP contribution is -2.26. The van der Waals surface area contributed by atoms with Crippen LogP contribution in [0.1, 0.15) is 17.7 Å². The van der Waals surface area contributed by atoms with Crippen molar-refractivity contribution in [1.29, 1.82) is 0 Å². The first-order valence-corrected chi connectivity index (χ1v) is 7.89. The van der Waals surface area contributed by atoms with Gasteiger partial charge in [-0.15, -0.1) is 0 Å². The fourth-order valence-corrected chi connectivity index (χ4v) is 1.99. The average molecular weight is 301 g/mol. The van der Waals surface area contributed by atoms with Gasteiger partial charge >= 0.3 is 0 Å². The van der Waals surface area contributed by atoms with Crippen molar-refractivity contribution >= 4 is 15.9 Å². The number of sulfonamides is 1. The van der Waals surface area contributed by atoms with Gasteiger partial charge in [-0.05, 0) is 30.7 Å². The summed E-state index contributed by atoms with van der Waals surface area (Å²) in [6.07, 6.45) is 3.40. The summed E-state index contributed by atoms with van der Waals surface area (Å²) in [4.78, 5) is 3.97. The third kappa shape index (κ3) is 6.45. The number of hydrogen-bond donors (Lipinski definition) is 4. The van der Waals surface area contributed by atoms with E-state index in [1.807, 2.05) is 6.07 Å². The highest BCUT2D eigenvalue weighted by Crippen LogP contribution is 2.01. The second-order valence-corrected chi connectivity index (χ2v) is 6.06. The number of oxime groups is 1. The zero-order valence-electron chi connectivity index (χ0n) is 11.2. The maximum Gasteiger partial charge on any atom is 0.208 e. The lowest BCUT2D eigenvalue weighted by molar-refractivity contribution is 0.318. The second-order valence-electron chi connectivity index (χ2n) is 4.23. The molecule has 0 saturated heterocycles. The maximum absolute atomic E-state index is 10.8. The van der Waals surface area contributed by atoms with Gasteiger partial charge in [-0.1, -0.05) is 5.16 Å². The molecule has 0 aliphatic heterocycles. The predicted octanol–water partition coefficient (Wildman–Crippen LogP) is -0.795. The number of pyridine rings is 1. The van der Waals surface area contributed by atoms with Crippen LogP contribution in [0.3, 0.4) is 0 Å². The highest BCUT2D eigenvalue weighted by molar-refractivity contribution is 7.88. The lowest BCUT2D eigenvalue weighted by atomic mass is 10.2. The SMILES string of the molecule is CS(=O)(=O)NCCCNCc1ccnc(/C(N)=N/O)c1. The van der Waals surface area contributed by atoms with E-state index < -0.39 is 10.0 Å². The molecule has 1 heterocycles. The van der Waals surface area contributed by atoms with E-state index in [9.17, 15) is 8.42 Å². The molecule has 0 fully saturated rings. The molecule has 0 aliphatic rings. The van der Waals surface area contributed by atoms with Gasteiger partial charge in [0.15, 0.2) is 5.84 Å². The summed E-state index contributed by atoms with van der Waals surface area (Å²) < 4.78 is 24.1. The molecule has 0 atom stereocenters. The number of amidine groups is 1. The minimum absolute atomic E-state index is 0.0378. The van der Waals surface area contributed by atoms with Crippen molar-refractivity contribution in [2.24, 2.45) is 10.9 Å². The van der Waals surface area contributed by atoms with Gasteiger partial charge in [-0.2, -0.15) is 0 Å². The normalized spacial score (nSPS) is 12.6. The number of nitrogens with two attached hydrogens (primary N) is 1. The van der Waals surface area contributed by atoms with Crippen LogP contribution in [0.25, 0.3) is 0 Å². The van der Waals surface area contributed by atoms with Gasteiger partial charge in [0, 0.05) is 19.3 Å². The molecule has 0 unspecified atom stereocenters. The Morgan fingerprint density at radius 3 is 2.90 bits per heavy atom. The summed E-state index contributed by atoms with van der Waals surface area (Å²) in [5, 5.41) is 14.6. The molecule has 0 spiro atoms. The molecule has 20 heavy (non-hydrogen) atoms. The number of nitrogens with zero attached hydrogens (tertiary/aromatic N) is 2. The Kier molecular flexibility index (Phi) is 6.36. The third-order valence-electron chi connectivity index (χ3n) is 2.42. The summed E-state index contributed by atoms with van der Waals surface area (Å²) >= 11 is 0. The Hall–Kier alpha value is -1.71. The Morgan fingerprint density at radius 2 is 2.25 bits per heavy atom. The van der Waals surface area contributed by atoms with E-state index in [1.54, 1.807) is 12.3 Å². The maximum atomic E-state index is 10.8. The Bertz CT molecular complexity index is 559. The highest BCUT2D eigenvalue weighted by Gasteiger charge is 2.02. The molecule has 1 rings (SSSR count). The predicted molar refractivity (Wildman–Crippen MR) is 75.9 cm³/mol. The van der Waals surface area contributed by atoms with Crippen LogP contribution in [0.4, 0.5) is 0 Å². The van der Waals surface area contributed by atoms with E-state index in [-0.39, 0.29) is 5.84 Å². The second kappa shape index (κ2) is 7.78. The monoisotopic (exact) mass is 301 g/mol. The highest BCUT2D eigenvalue weighted by atomic mass is 32.2. The molecule has 0 amide bonds. The summed E-state index contributed by atoms with van der Waals surface area (Å²) in [6, 6.07) is 3.53. The van der Waals surface area contributed by atoms with Crippen LogP contribution in [0, 0.1) is 0 Å². The van der Waals surface area contributed by atoms with E-state index in [0.717, 1.165) is 11.8 Å². The molecule has 0 aliphatic carbocycles. The van der Waals surface area contributed by atoms with Gasteiger partial charge in [0.2, 0.25) is 10.0 Å². The Labute approximate surface area is 118 Å². The average Bonchev–Trinajstić information content (AvgIpc) is 2.41. The smallest absolute Gasteiger partial charge is 0.208 e. The topological polar surface area (TPSA) is 130 Å². The standard InChI is InChI=1S/C11H19N5O3S/c1-20(18,19)15-5-2-4-13-8-9-3-6-14-10(7-9)11(12)16-17/h3,6-7,13,15,17H,2,4-5,8H2,1H3,(H2,12,16). The summed E-state index contributed by atoms with van der Waals surface area (Å²) in [6.45, 7) is 1.66. The molecule has 5 N–H and O–H groups in total. The summed E-state index contributed by atoms with van der Waals surface area (Å²) in [5.74, 6) is -0.0378. The number of nitrogens with one attached hydrogen (secondary N) is 2. The largest absolute Gasteiger partial charge is 0.409 e. The zero-order valence-corrected chi connectivity index (χ0v) is 12.0. The fraction of sp³-hybridized carbons (Fsp3) is 0.455. The fourth-order valence-electron chi connectivity index (χ4n) is 1.48. The zero-order chi connectivity index (χ0) is 15.0. The first-order valence-electron chi connectivity index (χ1n) is 6.00.